The quantitative estimate of drug-likeness (QED) is 0.302. The van der Waals surface area contributed by atoms with Crippen LogP contribution in [0.25, 0.3) is 0 Å². The van der Waals surface area contributed by atoms with Gasteiger partial charge in [-0.05, 0) is 60.0 Å². The Hall–Kier alpha value is -1.93. The van der Waals surface area contributed by atoms with Crippen molar-refractivity contribution in [3.63, 3.8) is 0 Å². The summed E-state index contributed by atoms with van der Waals surface area (Å²) in [4.78, 5) is 23.1. The minimum absolute atomic E-state index is 0.149. The summed E-state index contributed by atoms with van der Waals surface area (Å²) in [5, 5.41) is 6.26. The van der Waals surface area contributed by atoms with E-state index >= 15 is 0 Å². The van der Waals surface area contributed by atoms with E-state index in [2.05, 4.69) is 31.8 Å². The molecular formula is C16H22BrN3O4. The number of ether oxygens (including phenoxy) is 2. The lowest BCUT2D eigenvalue weighted by Gasteiger charge is -2.07. The highest BCUT2D eigenvalue weighted by Gasteiger charge is 2.11. The number of rotatable bonds is 8. The fraction of sp³-hybridized carbons (Fsp3) is 0.438. The largest absolute Gasteiger partial charge is 0.496 e. The van der Waals surface area contributed by atoms with E-state index < -0.39 is 11.8 Å². The Bertz CT molecular complexity index is 591. The predicted molar refractivity (Wildman–Crippen MR) is 95.1 cm³/mol. The van der Waals surface area contributed by atoms with Gasteiger partial charge in [-0.1, -0.05) is 0 Å². The van der Waals surface area contributed by atoms with Crippen LogP contribution < -0.4 is 15.5 Å². The summed E-state index contributed by atoms with van der Waals surface area (Å²) < 4.78 is 11.2. The molecule has 0 atom stereocenters. The molecule has 2 N–H and O–H groups in total. The molecule has 1 rings (SSSR count). The van der Waals surface area contributed by atoms with Gasteiger partial charge < -0.3 is 14.8 Å². The standard InChI is InChI=1S/C16H22BrN3O4/c1-11(2)24-8-4-7-18-15(21)16(22)20-19-10-12-5-6-14(23-3)13(17)9-12/h5-6,9-11H,4,7-8H2,1-3H3,(H,18,21)(H,20,22)/b19-10-. The van der Waals surface area contributed by atoms with Gasteiger partial charge in [0, 0.05) is 13.2 Å². The van der Waals surface area contributed by atoms with E-state index in [1.807, 2.05) is 13.8 Å². The second-order valence-electron chi connectivity index (χ2n) is 5.12. The SMILES string of the molecule is COc1ccc(/C=N\NC(=O)C(=O)NCCCOC(C)C)cc1Br. The minimum atomic E-state index is -0.816. The molecule has 0 aromatic heterocycles. The zero-order chi connectivity index (χ0) is 17.9. The average molecular weight is 400 g/mol. The van der Waals surface area contributed by atoms with Crippen LogP contribution >= 0.6 is 15.9 Å². The highest BCUT2D eigenvalue weighted by Crippen LogP contribution is 2.24. The molecule has 8 heteroatoms. The predicted octanol–water partition coefficient (Wildman–Crippen LogP) is 1.84. The summed E-state index contributed by atoms with van der Waals surface area (Å²) in [7, 11) is 1.57. The Labute approximate surface area is 149 Å². The van der Waals surface area contributed by atoms with Gasteiger partial charge in [-0.3, -0.25) is 9.59 Å². The first-order valence-electron chi connectivity index (χ1n) is 7.50. The maximum absolute atomic E-state index is 11.6. The second kappa shape index (κ2) is 10.8. The van der Waals surface area contributed by atoms with E-state index in [1.54, 1.807) is 25.3 Å². The van der Waals surface area contributed by atoms with Crippen molar-refractivity contribution in [1.29, 1.82) is 0 Å². The molecule has 2 amide bonds. The highest BCUT2D eigenvalue weighted by atomic mass is 79.9. The summed E-state index contributed by atoms with van der Waals surface area (Å²) in [6, 6.07) is 5.32. The molecule has 0 aliphatic heterocycles. The molecule has 132 valence electrons. The fourth-order valence-electron chi connectivity index (χ4n) is 1.65. The molecular weight excluding hydrogens is 378 g/mol. The molecule has 0 bridgehead atoms. The van der Waals surface area contributed by atoms with Crippen molar-refractivity contribution in [3.8, 4) is 5.75 Å². The molecule has 1 aromatic rings. The fourth-order valence-corrected chi connectivity index (χ4v) is 2.21. The molecule has 24 heavy (non-hydrogen) atoms. The molecule has 0 radical (unpaired) electrons. The van der Waals surface area contributed by atoms with Crippen molar-refractivity contribution in [1.82, 2.24) is 10.7 Å². The van der Waals surface area contributed by atoms with Crippen LogP contribution in [-0.4, -0.2) is 44.4 Å². The zero-order valence-corrected chi connectivity index (χ0v) is 15.6. The van der Waals surface area contributed by atoms with Crippen LogP contribution in [0, 0.1) is 0 Å². The van der Waals surface area contributed by atoms with Crippen molar-refractivity contribution in [2.45, 2.75) is 26.4 Å². The van der Waals surface area contributed by atoms with E-state index in [0.717, 1.165) is 10.0 Å². The van der Waals surface area contributed by atoms with Crippen LogP contribution in [0.1, 0.15) is 25.8 Å². The lowest BCUT2D eigenvalue weighted by Crippen LogP contribution is -2.38. The second-order valence-corrected chi connectivity index (χ2v) is 5.98. The number of hydrogen-bond donors (Lipinski definition) is 2. The third-order valence-electron chi connectivity index (χ3n) is 2.82. The average Bonchev–Trinajstić information content (AvgIpc) is 2.54. The molecule has 0 saturated heterocycles. The zero-order valence-electron chi connectivity index (χ0n) is 14.0. The van der Waals surface area contributed by atoms with Gasteiger partial charge in [0.2, 0.25) is 0 Å². The summed E-state index contributed by atoms with van der Waals surface area (Å²) in [5.74, 6) is -0.853. The van der Waals surface area contributed by atoms with Gasteiger partial charge in [-0.15, -0.1) is 0 Å². The normalized spacial score (nSPS) is 10.9. The Morgan fingerprint density at radius 2 is 2.08 bits per heavy atom. The van der Waals surface area contributed by atoms with E-state index in [1.165, 1.54) is 6.21 Å². The number of hydrazone groups is 1. The molecule has 0 spiro atoms. The van der Waals surface area contributed by atoms with Crippen molar-refractivity contribution in [2.75, 3.05) is 20.3 Å². The van der Waals surface area contributed by atoms with Crippen LogP contribution in [0.5, 0.6) is 5.75 Å². The molecule has 1 aromatic carbocycles. The number of benzene rings is 1. The third-order valence-corrected chi connectivity index (χ3v) is 3.44. The van der Waals surface area contributed by atoms with Crippen LogP contribution in [0.15, 0.2) is 27.8 Å². The molecule has 0 heterocycles. The van der Waals surface area contributed by atoms with E-state index in [4.69, 9.17) is 9.47 Å². The van der Waals surface area contributed by atoms with E-state index in [0.29, 0.717) is 25.3 Å². The van der Waals surface area contributed by atoms with Crippen molar-refractivity contribution >= 4 is 34.0 Å². The number of amides is 2. The number of nitrogens with zero attached hydrogens (tertiary/aromatic N) is 1. The first-order valence-corrected chi connectivity index (χ1v) is 8.29. The summed E-state index contributed by atoms with van der Waals surface area (Å²) >= 11 is 3.35. The van der Waals surface area contributed by atoms with Crippen LogP contribution in [0.3, 0.4) is 0 Å². The van der Waals surface area contributed by atoms with Gasteiger partial charge in [0.1, 0.15) is 5.75 Å². The number of carbonyl (C=O) groups is 2. The molecule has 0 fully saturated rings. The Morgan fingerprint density at radius 3 is 2.71 bits per heavy atom. The summed E-state index contributed by atoms with van der Waals surface area (Å²) in [5.41, 5.74) is 2.92. The Morgan fingerprint density at radius 1 is 1.33 bits per heavy atom. The van der Waals surface area contributed by atoms with Crippen molar-refractivity contribution < 1.29 is 19.1 Å². The number of methoxy groups -OCH3 is 1. The third kappa shape index (κ3) is 7.56. The van der Waals surface area contributed by atoms with Crippen LogP contribution in [-0.2, 0) is 14.3 Å². The summed E-state index contributed by atoms with van der Waals surface area (Å²) in [6.07, 6.45) is 2.22. The van der Waals surface area contributed by atoms with Gasteiger partial charge in [0.05, 0.1) is 23.9 Å². The monoisotopic (exact) mass is 399 g/mol. The van der Waals surface area contributed by atoms with Crippen molar-refractivity contribution in [2.24, 2.45) is 5.10 Å². The topological polar surface area (TPSA) is 89.0 Å². The van der Waals surface area contributed by atoms with Gasteiger partial charge in [0.25, 0.3) is 0 Å². The first kappa shape index (κ1) is 20.1. The van der Waals surface area contributed by atoms with Gasteiger partial charge >= 0.3 is 11.8 Å². The highest BCUT2D eigenvalue weighted by molar-refractivity contribution is 9.10. The first-order chi connectivity index (χ1) is 11.4. The maximum atomic E-state index is 11.6. The van der Waals surface area contributed by atoms with Gasteiger partial charge in [0.15, 0.2) is 0 Å². The Kier molecular flexibility index (Phi) is 9.03. The maximum Gasteiger partial charge on any atom is 0.329 e. The number of nitrogens with one attached hydrogen (secondary N) is 2. The molecule has 0 aliphatic carbocycles. The van der Waals surface area contributed by atoms with Crippen LogP contribution in [0.4, 0.5) is 0 Å². The molecule has 7 nitrogen and oxygen atoms in total. The van der Waals surface area contributed by atoms with E-state index in [-0.39, 0.29) is 6.10 Å². The minimum Gasteiger partial charge on any atom is -0.496 e. The number of hydrogen-bond acceptors (Lipinski definition) is 5. The van der Waals surface area contributed by atoms with Gasteiger partial charge in [-0.2, -0.15) is 5.10 Å². The molecule has 0 unspecified atom stereocenters. The van der Waals surface area contributed by atoms with Crippen LogP contribution in [0.2, 0.25) is 0 Å². The number of halogens is 1. The summed E-state index contributed by atoms with van der Waals surface area (Å²) in [6.45, 7) is 4.77. The van der Waals surface area contributed by atoms with Crippen molar-refractivity contribution in [3.05, 3.63) is 28.2 Å². The molecule has 0 aliphatic rings. The van der Waals surface area contributed by atoms with E-state index in [9.17, 15) is 9.59 Å². The lowest BCUT2D eigenvalue weighted by molar-refractivity contribution is -0.139. The number of carbonyl (C=O) groups excluding carboxylic acids is 2. The Balaban J connectivity index is 2.34. The smallest absolute Gasteiger partial charge is 0.329 e. The lowest BCUT2D eigenvalue weighted by atomic mass is 10.2. The van der Waals surface area contributed by atoms with Gasteiger partial charge in [-0.25, -0.2) is 5.43 Å². The molecule has 0 saturated carbocycles.